The molecule has 0 aliphatic carbocycles. The Morgan fingerprint density at radius 3 is 2.38 bits per heavy atom. The number of allylic oxidation sites excluding steroid dienone is 1. The highest BCUT2D eigenvalue weighted by Crippen LogP contribution is 2.37. The zero-order chi connectivity index (χ0) is 21.6. The van der Waals surface area contributed by atoms with Crippen molar-refractivity contribution >= 4 is 18.1 Å². The minimum Gasteiger partial charge on any atom is -0.507 e. The standard InChI is InChI=1S/C25H30O4/c1-17(2)12-15-20-21(28-6)16-19(14-13-18-10-8-7-9-11-18)22(23(20)26)24(27)29-25(3,4)5/h7-11,13-14,16,26H,1,12,15H2,2-6H3/b14-13+. The number of rotatable bonds is 7. The SMILES string of the molecule is C=C(C)CCc1c(OC)cc(/C=C/c2ccccc2)c(C(=O)OC(C)(C)C)c1O. The molecule has 4 heteroatoms. The molecule has 29 heavy (non-hydrogen) atoms. The Morgan fingerprint density at radius 2 is 1.83 bits per heavy atom. The van der Waals surface area contributed by atoms with Crippen LogP contribution >= 0.6 is 0 Å². The van der Waals surface area contributed by atoms with Crippen LogP contribution in [0.25, 0.3) is 12.2 Å². The molecule has 2 aromatic rings. The Kier molecular flexibility index (Phi) is 7.27. The van der Waals surface area contributed by atoms with Gasteiger partial charge < -0.3 is 14.6 Å². The Balaban J connectivity index is 2.59. The number of phenolic OH excluding ortho intramolecular Hbond substituents is 1. The molecule has 0 fully saturated rings. The van der Waals surface area contributed by atoms with Gasteiger partial charge in [0.05, 0.1) is 7.11 Å². The first-order valence-corrected chi connectivity index (χ1v) is 9.66. The van der Waals surface area contributed by atoms with Gasteiger partial charge >= 0.3 is 5.97 Å². The summed E-state index contributed by atoms with van der Waals surface area (Å²) in [5, 5.41) is 11.0. The second kappa shape index (κ2) is 9.46. The molecule has 0 spiro atoms. The van der Waals surface area contributed by atoms with Gasteiger partial charge in [-0.1, -0.05) is 48.1 Å². The van der Waals surface area contributed by atoms with Crippen molar-refractivity contribution in [1.82, 2.24) is 0 Å². The molecule has 154 valence electrons. The minimum atomic E-state index is -0.679. The van der Waals surface area contributed by atoms with E-state index in [-0.39, 0.29) is 11.3 Å². The van der Waals surface area contributed by atoms with E-state index in [9.17, 15) is 9.90 Å². The van der Waals surface area contributed by atoms with E-state index in [1.165, 1.54) is 0 Å². The van der Waals surface area contributed by atoms with Gasteiger partial charge in [-0.2, -0.15) is 0 Å². The molecule has 0 bridgehead atoms. The number of phenols is 1. The van der Waals surface area contributed by atoms with Crippen LogP contribution in [0, 0.1) is 0 Å². The first kappa shape index (κ1) is 22.3. The van der Waals surface area contributed by atoms with Gasteiger partial charge in [-0.05, 0) is 57.7 Å². The Bertz CT molecular complexity index is 903. The number of carbonyl (C=O) groups excluding carboxylic acids is 1. The molecule has 0 aliphatic rings. The maximum absolute atomic E-state index is 12.9. The van der Waals surface area contributed by atoms with Crippen molar-refractivity contribution in [3.05, 3.63) is 70.8 Å². The van der Waals surface area contributed by atoms with Crippen molar-refractivity contribution in [2.24, 2.45) is 0 Å². The third-order valence-corrected chi connectivity index (χ3v) is 4.27. The van der Waals surface area contributed by atoms with Gasteiger partial charge in [-0.3, -0.25) is 0 Å². The zero-order valence-electron chi connectivity index (χ0n) is 17.9. The van der Waals surface area contributed by atoms with Crippen LogP contribution in [0.4, 0.5) is 0 Å². The summed E-state index contributed by atoms with van der Waals surface area (Å²) in [6, 6.07) is 11.5. The van der Waals surface area contributed by atoms with Crippen LogP contribution in [-0.4, -0.2) is 23.8 Å². The molecule has 1 N–H and O–H groups in total. The minimum absolute atomic E-state index is 0.104. The monoisotopic (exact) mass is 394 g/mol. The maximum atomic E-state index is 12.9. The van der Waals surface area contributed by atoms with Crippen LogP contribution in [0.3, 0.4) is 0 Å². The topological polar surface area (TPSA) is 55.8 Å². The average Bonchev–Trinajstić information content (AvgIpc) is 2.64. The van der Waals surface area contributed by atoms with Crippen LogP contribution in [0.2, 0.25) is 0 Å². The number of aromatic hydroxyl groups is 1. The van der Waals surface area contributed by atoms with Crippen LogP contribution in [0.5, 0.6) is 11.5 Å². The largest absolute Gasteiger partial charge is 0.507 e. The zero-order valence-corrected chi connectivity index (χ0v) is 17.9. The molecule has 0 atom stereocenters. The van der Waals surface area contributed by atoms with Gasteiger partial charge in [-0.15, -0.1) is 6.58 Å². The summed E-state index contributed by atoms with van der Waals surface area (Å²) in [5.41, 5.74) is 2.54. The van der Waals surface area contributed by atoms with Crippen molar-refractivity contribution < 1.29 is 19.4 Å². The first-order valence-electron chi connectivity index (χ1n) is 9.66. The summed E-state index contributed by atoms with van der Waals surface area (Å²) < 4.78 is 11.1. The van der Waals surface area contributed by atoms with Crippen molar-refractivity contribution in [1.29, 1.82) is 0 Å². The molecular formula is C25H30O4. The molecular weight excluding hydrogens is 364 g/mol. The summed E-state index contributed by atoms with van der Waals surface area (Å²) in [6.45, 7) is 11.2. The van der Waals surface area contributed by atoms with E-state index in [1.54, 1.807) is 40.0 Å². The van der Waals surface area contributed by atoms with E-state index in [0.29, 0.717) is 29.7 Å². The molecule has 2 rings (SSSR count). The third kappa shape index (κ3) is 6.24. The number of ether oxygens (including phenoxy) is 2. The molecule has 0 unspecified atom stereocenters. The van der Waals surface area contributed by atoms with Crippen LogP contribution in [0.15, 0.2) is 48.6 Å². The lowest BCUT2D eigenvalue weighted by Gasteiger charge is -2.22. The quantitative estimate of drug-likeness (QED) is 0.354. The van der Waals surface area contributed by atoms with E-state index in [0.717, 1.165) is 11.1 Å². The number of carbonyl (C=O) groups is 1. The van der Waals surface area contributed by atoms with E-state index < -0.39 is 11.6 Å². The maximum Gasteiger partial charge on any atom is 0.343 e. The number of hydrogen-bond donors (Lipinski definition) is 1. The van der Waals surface area contributed by atoms with E-state index in [4.69, 9.17) is 9.47 Å². The molecule has 0 heterocycles. The van der Waals surface area contributed by atoms with E-state index >= 15 is 0 Å². The fraction of sp³-hybridized carbons (Fsp3) is 0.320. The summed E-state index contributed by atoms with van der Waals surface area (Å²) in [6.07, 6.45) is 4.87. The van der Waals surface area contributed by atoms with Crippen molar-refractivity contribution in [2.75, 3.05) is 7.11 Å². The molecule has 0 saturated heterocycles. The van der Waals surface area contributed by atoms with Gasteiger partial charge in [0.25, 0.3) is 0 Å². The number of methoxy groups -OCH3 is 1. The van der Waals surface area contributed by atoms with E-state index in [1.807, 2.05) is 43.3 Å². The summed E-state index contributed by atoms with van der Waals surface area (Å²) in [7, 11) is 1.55. The fourth-order valence-corrected chi connectivity index (χ4v) is 2.89. The Morgan fingerprint density at radius 1 is 1.17 bits per heavy atom. The normalized spacial score (nSPS) is 11.5. The lowest BCUT2D eigenvalue weighted by Crippen LogP contribution is -2.24. The van der Waals surface area contributed by atoms with Gasteiger partial charge in [0, 0.05) is 5.56 Å². The van der Waals surface area contributed by atoms with Crippen LogP contribution < -0.4 is 4.74 Å². The first-order chi connectivity index (χ1) is 13.6. The summed E-state index contributed by atoms with van der Waals surface area (Å²) in [5.74, 6) is -0.140. The molecule has 0 amide bonds. The summed E-state index contributed by atoms with van der Waals surface area (Å²) >= 11 is 0. The predicted molar refractivity (Wildman–Crippen MR) is 118 cm³/mol. The molecule has 0 radical (unpaired) electrons. The average molecular weight is 395 g/mol. The highest BCUT2D eigenvalue weighted by Gasteiger charge is 2.26. The lowest BCUT2D eigenvalue weighted by molar-refractivity contribution is 0.00663. The van der Waals surface area contributed by atoms with Crippen LogP contribution in [-0.2, 0) is 11.2 Å². The molecule has 0 aromatic heterocycles. The smallest absolute Gasteiger partial charge is 0.343 e. The number of hydrogen-bond acceptors (Lipinski definition) is 4. The van der Waals surface area contributed by atoms with E-state index in [2.05, 4.69) is 6.58 Å². The number of esters is 1. The van der Waals surface area contributed by atoms with Gasteiger partial charge in [-0.25, -0.2) is 4.79 Å². The number of benzene rings is 2. The van der Waals surface area contributed by atoms with Gasteiger partial charge in [0.1, 0.15) is 22.7 Å². The molecule has 4 nitrogen and oxygen atoms in total. The highest BCUT2D eigenvalue weighted by atomic mass is 16.6. The van der Waals surface area contributed by atoms with Gasteiger partial charge in [0.2, 0.25) is 0 Å². The predicted octanol–water partition coefficient (Wildman–Crippen LogP) is 6.04. The molecule has 0 saturated carbocycles. The van der Waals surface area contributed by atoms with Crippen LogP contribution in [0.1, 0.15) is 61.2 Å². The van der Waals surface area contributed by atoms with Crippen molar-refractivity contribution in [2.45, 2.75) is 46.1 Å². The van der Waals surface area contributed by atoms with Crippen molar-refractivity contribution in [3.8, 4) is 11.5 Å². The second-order valence-corrected chi connectivity index (χ2v) is 8.07. The Hall–Kier alpha value is -3.01. The fourth-order valence-electron chi connectivity index (χ4n) is 2.89. The lowest BCUT2D eigenvalue weighted by atomic mass is 9.96. The summed E-state index contributed by atoms with van der Waals surface area (Å²) in [4.78, 5) is 12.9. The molecule has 2 aromatic carbocycles. The third-order valence-electron chi connectivity index (χ3n) is 4.27. The molecule has 0 aliphatic heterocycles. The highest BCUT2D eigenvalue weighted by molar-refractivity contribution is 5.99. The second-order valence-electron chi connectivity index (χ2n) is 8.07. The van der Waals surface area contributed by atoms with Gasteiger partial charge in [0.15, 0.2) is 0 Å². The Labute approximate surface area is 173 Å². The van der Waals surface area contributed by atoms with Crippen molar-refractivity contribution in [3.63, 3.8) is 0 Å².